The SMILES string of the molecule is Cc1ccc(C)c(OC[C@@H](O)CNC[C@H](c2ccccc2)N(C)C)c1C. The lowest BCUT2D eigenvalue weighted by atomic mass is 10.1. The predicted molar refractivity (Wildman–Crippen MR) is 108 cm³/mol. The van der Waals surface area contributed by atoms with E-state index in [2.05, 4.69) is 74.6 Å². The van der Waals surface area contributed by atoms with Gasteiger partial charge in [0.25, 0.3) is 0 Å². The first-order chi connectivity index (χ1) is 12.4. The molecule has 0 aliphatic carbocycles. The molecular weight excluding hydrogens is 324 g/mol. The molecule has 0 radical (unpaired) electrons. The molecule has 0 heterocycles. The van der Waals surface area contributed by atoms with Crippen LogP contribution in [-0.2, 0) is 0 Å². The Balaban J connectivity index is 1.83. The Kier molecular flexibility index (Phi) is 7.64. The van der Waals surface area contributed by atoms with Gasteiger partial charge in [0.05, 0.1) is 0 Å². The van der Waals surface area contributed by atoms with E-state index in [0.717, 1.165) is 23.4 Å². The highest BCUT2D eigenvalue weighted by Gasteiger charge is 2.15. The van der Waals surface area contributed by atoms with Crippen molar-refractivity contribution >= 4 is 0 Å². The van der Waals surface area contributed by atoms with Crippen LogP contribution in [0.2, 0.25) is 0 Å². The van der Waals surface area contributed by atoms with E-state index in [9.17, 15) is 5.11 Å². The van der Waals surface area contributed by atoms with Crippen molar-refractivity contribution in [2.24, 2.45) is 0 Å². The molecule has 2 atom stereocenters. The van der Waals surface area contributed by atoms with E-state index in [1.54, 1.807) is 0 Å². The summed E-state index contributed by atoms with van der Waals surface area (Å²) in [4.78, 5) is 2.19. The first kappa shape index (κ1) is 20.4. The maximum atomic E-state index is 10.3. The smallest absolute Gasteiger partial charge is 0.125 e. The molecule has 0 aliphatic heterocycles. The van der Waals surface area contributed by atoms with Crippen LogP contribution in [0.15, 0.2) is 42.5 Å². The Morgan fingerprint density at radius 1 is 0.962 bits per heavy atom. The van der Waals surface area contributed by atoms with Gasteiger partial charge in [-0.25, -0.2) is 0 Å². The number of nitrogens with zero attached hydrogens (tertiary/aromatic N) is 1. The highest BCUT2D eigenvalue weighted by molar-refractivity contribution is 5.44. The Labute approximate surface area is 157 Å². The largest absolute Gasteiger partial charge is 0.490 e. The van der Waals surface area contributed by atoms with Gasteiger partial charge >= 0.3 is 0 Å². The first-order valence-electron chi connectivity index (χ1n) is 9.20. The lowest BCUT2D eigenvalue weighted by molar-refractivity contribution is 0.103. The molecule has 0 spiro atoms. The molecular formula is C22H32N2O2. The van der Waals surface area contributed by atoms with Crippen LogP contribution in [0.3, 0.4) is 0 Å². The van der Waals surface area contributed by atoms with Gasteiger partial charge in [-0.2, -0.15) is 0 Å². The molecule has 0 aliphatic rings. The topological polar surface area (TPSA) is 44.7 Å². The number of benzene rings is 2. The number of aliphatic hydroxyl groups is 1. The summed E-state index contributed by atoms with van der Waals surface area (Å²) in [5.41, 5.74) is 4.71. The second kappa shape index (κ2) is 9.72. The molecule has 142 valence electrons. The fourth-order valence-electron chi connectivity index (χ4n) is 3.05. The van der Waals surface area contributed by atoms with E-state index < -0.39 is 6.10 Å². The molecule has 4 heteroatoms. The Morgan fingerprint density at radius 2 is 1.62 bits per heavy atom. The third-order valence-corrected chi connectivity index (χ3v) is 4.82. The summed E-state index contributed by atoms with van der Waals surface area (Å²) in [5.74, 6) is 0.888. The van der Waals surface area contributed by atoms with Gasteiger partial charge in [0.1, 0.15) is 18.5 Å². The quantitative estimate of drug-likeness (QED) is 0.724. The van der Waals surface area contributed by atoms with Crippen molar-refractivity contribution in [1.82, 2.24) is 10.2 Å². The summed E-state index contributed by atoms with van der Waals surface area (Å²) in [5, 5.41) is 13.7. The average molecular weight is 357 g/mol. The second-order valence-corrected chi connectivity index (χ2v) is 7.17. The fraction of sp³-hybridized carbons (Fsp3) is 0.455. The van der Waals surface area contributed by atoms with Crippen LogP contribution in [0.5, 0.6) is 5.75 Å². The molecule has 2 aromatic carbocycles. The van der Waals surface area contributed by atoms with Crippen LogP contribution in [0.4, 0.5) is 0 Å². The van der Waals surface area contributed by atoms with E-state index in [-0.39, 0.29) is 12.6 Å². The van der Waals surface area contributed by atoms with Crippen LogP contribution < -0.4 is 10.1 Å². The molecule has 0 bridgehead atoms. The highest BCUT2D eigenvalue weighted by Crippen LogP contribution is 2.25. The minimum Gasteiger partial charge on any atom is -0.490 e. The molecule has 0 unspecified atom stereocenters. The Morgan fingerprint density at radius 3 is 2.27 bits per heavy atom. The number of nitrogens with one attached hydrogen (secondary N) is 1. The van der Waals surface area contributed by atoms with Crippen molar-refractivity contribution in [3.63, 3.8) is 0 Å². The van der Waals surface area contributed by atoms with Crippen LogP contribution in [0.25, 0.3) is 0 Å². The monoisotopic (exact) mass is 356 g/mol. The van der Waals surface area contributed by atoms with Gasteiger partial charge in [-0.05, 0) is 57.1 Å². The molecule has 4 nitrogen and oxygen atoms in total. The van der Waals surface area contributed by atoms with E-state index >= 15 is 0 Å². The summed E-state index contributed by atoms with van der Waals surface area (Å²) in [6.45, 7) is 7.73. The van der Waals surface area contributed by atoms with Crippen molar-refractivity contribution < 1.29 is 9.84 Å². The standard InChI is InChI=1S/C22H32N2O2/c1-16-11-12-17(2)22(18(16)3)26-15-20(25)13-23-14-21(24(4)5)19-9-7-6-8-10-19/h6-12,20-21,23,25H,13-15H2,1-5H3/t20-,21+/m0/s1. The lowest BCUT2D eigenvalue weighted by Gasteiger charge is -2.26. The van der Waals surface area contributed by atoms with Crippen molar-refractivity contribution in [1.29, 1.82) is 0 Å². The Bertz CT molecular complexity index is 686. The van der Waals surface area contributed by atoms with Crippen molar-refractivity contribution in [3.05, 3.63) is 64.7 Å². The Hall–Kier alpha value is -1.88. The molecule has 2 rings (SSSR count). The van der Waals surface area contributed by atoms with Gasteiger partial charge < -0.3 is 20.1 Å². The second-order valence-electron chi connectivity index (χ2n) is 7.17. The zero-order valence-electron chi connectivity index (χ0n) is 16.6. The van der Waals surface area contributed by atoms with Crippen molar-refractivity contribution in [3.8, 4) is 5.75 Å². The summed E-state index contributed by atoms with van der Waals surface area (Å²) in [7, 11) is 4.14. The zero-order chi connectivity index (χ0) is 19.1. The van der Waals surface area contributed by atoms with Crippen LogP contribution in [0.1, 0.15) is 28.3 Å². The van der Waals surface area contributed by atoms with E-state index in [0.29, 0.717) is 6.54 Å². The lowest BCUT2D eigenvalue weighted by Crippen LogP contribution is -2.37. The van der Waals surface area contributed by atoms with Gasteiger partial charge in [-0.15, -0.1) is 0 Å². The molecule has 2 aromatic rings. The third kappa shape index (κ3) is 5.56. The first-order valence-corrected chi connectivity index (χ1v) is 9.20. The maximum absolute atomic E-state index is 10.3. The number of likely N-dealkylation sites (N-methyl/N-ethyl adjacent to an activating group) is 1. The van der Waals surface area contributed by atoms with Gasteiger partial charge in [0.2, 0.25) is 0 Å². The molecule has 0 aromatic heterocycles. The molecule has 0 fully saturated rings. The van der Waals surface area contributed by atoms with Gasteiger partial charge in [-0.1, -0.05) is 42.5 Å². The zero-order valence-corrected chi connectivity index (χ0v) is 16.6. The molecule has 2 N–H and O–H groups in total. The van der Waals surface area contributed by atoms with E-state index in [1.807, 2.05) is 13.0 Å². The van der Waals surface area contributed by atoms with Crippen LogP contribution >= 0.6 is 0 Å². The molecule has 26 heavy (non-hydrogen) atoms. The summed E-state index contributed by atoms with van der Waals surface area (Å²) < 4.78 is 5.90. The van der Waals surface area contributed by atoms with Gasteiger partial charge in [-0.3, -0.25) is 0 Å². The molecule has 0 amide bonds. The van der Waals surface area contributed by atoms with E-state index in [4.69, 9.17) is 4.74 Å². The molecule has 0 saturated carbocycles. The fourth-order valence-corrected chi connectivity index (χ4v) is 3.05. The maximum Gasteiger partial charge on any atom is 0.125 e. The summed E-state index contributed by atoms with van der Waals surface area (Å²) >= 11 is 0. The van der Waals surface area contributed by atoms with E-state index in [1.165, 1.54) is 11.1 Å². The highest BCUT2D eigenvalue weighted by atomic mass is 16.5. The van der Waals surface area contributed by atoms with Crippen LogP contribution in [0, 0.1) is 20.8 Å². The number of hydrogen-bond donors (Lipinski definition) is 2. The average Bonchev–Trinajstić information content (AvgIpc) is 2.62. The van der Waals surface area contributed by atoms with Crippen molar-refractivity contribution in [2.75, 3.05) is 33.8 Å². The summed E-state index contributed by atoms with van der Waals surface area (Å²) in [6, 6.07) is 14.8. The normalized spacial score (nSPS) is 13.7. The third-order valence-electron chi connectivity index (χ3n) is 4.82. The number of rotatable bonds is 9. The predicted octanol–water partition coefficient (Wildman–Crippen LogP) is 3.24. The number of aryl methyl sites for hydroxylation is 2. The van der Waals surface area contributed by atoms with Gasteiger partial charge in [0.15, 0.2) is 0 Å². The minimum absolute atomic E-state index is 0.269. The minimum atomic E-state index is -0.548. The molecule has 0 saturated heterocycles. The van der Waals surface area contributed by atoms with Crippen molar-refractivity contribution in [2.45, 2.75) is 32.9 Å². The number of ether oxygens (including phenoxy) is 1. The summed E-state index contributed by atoms with van der Waals surface area (Å²) in [6.07, 6.45) is -0.548. The van der Waals surface area contributed by atoms with Crippen LogP contribution in [-0.4, -0.2) is 49.9 Å². The number of aliphatic hydroxyl groups excluding tert-OH is 1. The number of hydrogen-bond acceptors (Lipinski definition) is 4. The van der Waals surface area contributed by atoms with Gasteiger partial charge in [0, 0.05) is 19.1 Å².